The van der Waals surface area contributed by atoms with Gasteiger partial charge in [-0.3, -0.25) is 4.99 Å². The molecule has 5 nitrogen and oxygen atoms in total. The highest BCUT2D eigenvalue weighted by atomic mass is 32.1. The van der Waals surface area contributed by atoms with Gasteiger partial charge in [0.25, 0.3) is 0 Å². The van der Waals surface area contributed by atoms with Crippen LogP contribution in [0.2, 0.25) is 0 Å². The Kier molecular flexibility index (Phi) is 7.31. The largest absolute Gasteiger partial charge is 0.359 e. The average Bonchev–Trinajstić information content (AvgIpc) is 3.26. The average molecular weight is 349 g/mol. The number of aromatic nitrogens is 1. The fourth-order valence-electron chi connectivity index (χ4n) is 2.70. The Morgan fingerprint density at radius 3 is 2.83 bits per heavy atom. The van der Waals surface area contributed by atoms with Crippen molar-refractivity contribution in [3.05, 3.63) is 39.9 Å². The second-order valence-electron chi connectivity index (χ2n) is 5.88. The van der Waals surface area contributed by atoms with E-state index in [0.717, 1.165) is 43.2 Å². The van der Waals surface area contributed by atoms with Crippen LogP contribution >= 0.6 is 11.3 Å². The molecule has 24 heavy (non-hydrogen) atoms. The van der Waals surface area contributed by atoms with E-state index < -0.39 is 0 Å². The summed E-state index contributed by atoms with van der Waals surface area (Å²) in [5, 5.41) is 9.67. The lowest BCUT2D eigenvalue weighted by atomic mass is 9.99. The minimum atomic E-state index is 0.482. The molecule has 1 N–H and O–H groups in total. The van der Waals surface area contributed by atoms with E-state index in [2.05, 4.69) is 64.8 Å². The summed E-state index contributed by atoms with van der Waals surface area (Å²) in [7, 11) is 3.86. The molecule has 0 unspecified atom stereocenters. The van der Waals surface area contributed by atoms with Crippen molar-refractivity contribution < 1.29 is 4.52 Å². The zero-order valence-corrected chi connectivity index (χ0v) is 15.9. The highest BCUT2D eigenvalue weighted by Gasteiger charge is 2.13. The first kappa shape index (κ1) is 18.5. The molecular weight excluding hydrogens is 320 g/mol. The third kappa shape index (κ3) is 5.09. The lowest BCUT2D eigenvalue weighted by Crippen LogP contribution is -2.39. The van der Waals surface area contributed by atoms with Gasteiger partial charge < -0.3 is 14.7 Å². The second-order valence-corrected chi connectivity index (χ2v) is 6.92. The van der Waals surface area contributed by atoms with E-state index in [0.29, 0.717) is 12.5 Å². The van der Waals surface area contributed by atoms with Crippen molar-refractivity contribution in [3.8, 4) is 0 Å². The third-order valence-electron chi connectivity index (χ3n) is 4.25. The minimum absolute atomic E-state index is 0.482. The van der Waals surface area contributed by atoms with Gasteiger partial charge >= 0.3 is 0 Å². The highest BCUT2D eigenvalue weighted by Crippen LogP contribution is 2.22. The number of hydrogen-bond acceptors (Lipinski definition) is 4. The predicted octanol–water partition coefficient (Wildman–Crippen LogP) is 3.89. The van der Waals surface area contributed by atoms with Crippen LogP contribution in [0.1, 0.15) is 48.9 Å². The molecule has 132 valence electrons. The molecule has 0 aliphatic carbocycles. The minimum Gasteiger partial charge on any atom is -0.359 e. The topological polar surface area (TPSA) is 53.7 Å². The van der Waals surface area contributed by atoms with Crippen LogP contribution < -0.4 is 5.32 Å². The van der Waals surface area contributed by atoms with Crippen LogP contribution in [0.3, 0.4) is 0 Å². The molecule has 0 amide bonds. The van der Waals surface area contributed by atoms with Crippen LogP contribution in [0, 0.1) is 0 Å². The van der Waals surface area contributed by atoms with Gasteiger partial charge in [0.2, 0.25) is 0 Å². The van der Waals surface area contributed by atoms with Crippen LogP contribution in [0.5, 0.6) is 0 Å². The number of nitrogens with zero attached hydrogens (tertiary/aromatic N) is 3. The van der Waals surface area contributed by atoms with Crippen LogP contribution in [0.4, 0.5) is 0 Å². The third-order valence-corrected chi connectivity index (χ3v) is 5.19. The first-order valence-corrected chi connectivity index (χ1v) is 9.45. The van der Waals surface area contributed by atoms with Crippen molar-refractivity contribution in [2.24, 2.45) is 4.99 Å². The summed E-state index contributed by atoms with van der Waals surface area (Å²) in [6.45, 7) is 5.90. The van der Waals surface area contributed by atoms with E-state index in [1.807, 2.05) is 0 Å². The normalized spacial score (nSPS) is 12.0. The molecule has 0 fully saturated rings. The maximum Gasteiger partial charge on any atom is 0.193 e. The molecule has 2 heterocycles. The van der Waals surface area contributed by atoms with Gasteiger partial charge in [0, 0.05) is 37.5 Å². The summed E-state index contributed by atoms with van der Waals surface area (Å²) in [6, 6.07) is 6.32. The van der Waals surface area contributed by atoms with E-state index in [4.69, 9.17) is 4.52 Å². The number of rotatable bonds is 8. The molecule has 0 bridgehead atoms. The molecule has 0 atom stereocenters. The van der Waals surface area contributed by atoms with Crippen LogP contribution in [0.15, 0.2) is 33.1 Å². The predicted molar refractivity (Wildman–Crippen MR) is 101 cm³/mol. The maximum atomic E-state index is 5.46. The number of nitrogens with one attached hydrogen (secondary N) is 1. The second kappa shape index (κ2) is 9.47. The smallest absolute Gasteiger partial charge is 0.193 e. The van der Waals surface area contributed by atoms with Crippen molar-refractivity contribution >= 4 is 17.3 Å². The van der Waals surface area contributed by atoms with Crippen LogP contribution in [-0.2, 0) is 13.0 Å². The van der Waals surface area contributed by atoms with Crippen molar-refractivity contribution in [1.82, 2.24) is 15.4 Å². The van der Waals surface area contributed by atoms with Gasteiger partial charge in [-0.25, -0.2) is 0 Å². The first-order valence-electron chi connectivity index (χ1n) is 8.57. The molecule has 0 aliphatic rings. The van der Waals surface area contributed by atoms with Crippen LogP contribution in [-0.4, -0.2) is 36.7 Å². The lowest BCUT2D eigenvalue weighted by Gasteiger charge is -2.21. The van der Waals surface area contributed by atoms with Gasteiger partial charge in [-0.2, -0.15) is 0 Å². The number of aliphatic imine (C=N–C) groups is 1. The van der Waals surface area contributed by atoms with Crippen molar-refractivity contribution in [3.63, 3.8) is 0 Å². The molecule has 2 aromatic rings. The molecule has 0 radical (unpaired) electrons. The Morgan fingerprint density at radius 1 is 1.42 bits per heavy atom. The van der Waals surface area contributed by atoms with Gasteiger partial charge in [-0.15, -0.1) is 11.3 Å². The number of thiophene rings is 1. The molecule has 6 heteroatoms. The van der Waals surface area contributed by atoms with E-state index >= 15 is 0 Å². The Bertz CT molecular complexity index is 617. The summed E-state index contributed by atoms with van der Waals surface area (Å²) in [5.74, 6) is 2.20. The summed E-state index contributed by atoms with van der Waals surface area (Å²) in [6.07, 6.45) is 3.20. The Hall–Kier alpha value is -1.82. The molecule has 0 saturated carbocycles. The molecule has 0 spiro atoms. The van der Waals surface area contributed by atoms with Crippen molar-refractivity contribution in [2.45, 2.75) is 45.6 Å². The zero-order valence-electron chi connectivity index (χ0n) is 15.1. The van der Waals surface area contributed by atoms with Gasteiger partial charge in [-0.1, -0.05) is 25.1 Å². The lowest BCUT2D eigenvalue weighted by molar-refractivity contribution is 0.365. The quantitative estimate of drug-likeness (QED) is 0.581. The summed E-state index contributed by atoms with van der Waals surface area (Å²) in [4.78, 5) is 7.88. The van der Waals surface area contributed by atoms with E-state index in [9.17, 15) is 0 Å². The Labute approximate surface area is 148 Å². The standard InChI is InChI=1S/C18H28N4OS/c1-5-14(6-2)17-12-15(23-21-17)13-20-18(19-3)22(4)10-9-16-8-7-11-24-16/h7-8,11-12,14H,5-6,9-10,13H2,1-4H3,(H,19,20). The van der Waals surface area contributed by atoms with Gasteiger partial charge in [0.15, 0.2) is 11.7 Å². The molecule has 0 aromatic carbocycles. The van der Waals surface area contributed by atoms with Crippen molar-refractivity contribution in [2.75, 3.05) is 20.6 Å². The number of guanidine groups is 1. The molecule has 0 saturated heterocycles. The summed E-state index contributed by atoms with van der Waals surface area (Å²) in [5.41, 5.74) is 1.05. The van der Waals surface area contributed by atoms with E-state index in [-0.39, 0.29) is 0 Å². The van der Waals surface area contributed by atoms with Gasteiger partial charge in [0.05, 0.1) is 12.2 Å². The molecular formula is C18H28N4OS. The Morgan fingerprint density at radius 2 is 2.21 bits per heavy atom. The van der Waals surface area contributed by atoms with E-state index in [1.54, 1.807) is 18.4 Å². The van der Waals surface area contributed by atoms with Crippen molar-refractivity contribution in [1.29, 1.82) is 0 Å². The number of hydrogen-bond donors (Lipinski definition) is 1. The summed E-state index contributed by atoms with van der Waals surface area (Å²) < 4.78 is 5.46. The maximum absolute atomic E-state index is 5.46. The molecule has 0 aliphatic heterocycles. The fourth-order valence-corrected chi connectivity index (χ4v) is 3.40. The number of likely N-dealkylation sites (N-methyl/N-ethyl adjacent to an activating group) is 1. The fraction of sp³-hybridized carbons (Fsp3) is 0.556. The molecule has 2 aromatic heterocycles. The highest BCUT2D eigenvalue weighted by molar-refractivity contribution is 7.09. The SMILES string of the molecule is CCC(CC)c1cc(CNC(=NC)N(C)CCc2cccs2)on1. The monoisotopic (exact) mass is 348 g/mol. The Balaban J connectivity index is 1.84. The van der Waals surface area contributed by atoms with Gasteiger partial charge in [-0.05, 0) is 30.7 Å². The first-order chi connectivity index (χ1) is 11.7. The van der Waals surface area contributed by atoms with E-state index in [1.165, 1.54) is 4.88 Å². The summed E-state index contributed by atoms with van der Waals surface area (Å²) >= 11 is 1.79. The molecule has 2 rings (SSSR count). The van der Waals surface area contributed by atoms with Gasteiger partial charge in [0.1, 0.15) is 0 Å². The zero-order chi connectivity index (χ0) is 17.4. The van der Waals surface area contributed by atoms with Crippen LogP contribution in [0.25, 0.3) is 0 Å².